The number of hydrogen-bond acceptors (Lipinski definition) is 7. The van der Waals surface area contributed by atoms with Crippen LogP contribution in [0.3, 0.4) is 0 Å². The van der Waals surface area contributed by atoms with Crippen LogP contribution in [0.1, 0.15) is 0 Å². The van der Waals surface area contributed by atoms with Gasteiger partial charge in [0.1, 0.15) is 5.01 Å². The van der Waals surface area contributed by atoms with Crippen molar-refractivity contribution in [1.29, 1.82) is 0 Å². The van der Waals surface area contributed by atoms with Gasteiger partial charge >= 0.3 is 0 Å². The third-order valence-electron chi connectivity index (χ3n) is 8.57. The highest BCUT2D eigenvalue weighted by molar-refractivity contribution is 7.28. The molecular weight excluding hydrogens is 633 g/mol. The van der Waals surface area contributed by atoms with E-state index in [4.69, 9.17) is 19.9 Å². The van der Waals surface area contributed by atoms with Crippen molar-refractivity contribution >= 4 is 84.6 Å². The second-order valence-electron chi connectivity index (χ2n) is 11.5. The molecule has 0 bridgehead atoms. The minimum atomic E-state index is 0.660. The fourth-order valence-corrected chi connectivity index (χ4v) is 9.79. The van der Waals surface area contributed by atoms with Gasteiger partial charge in [-0.2, -0.15) is 0 Å². The molecule has 4 aromatic heterocycles. The lowest BCUT2D eigenvalue weighted by molar-refractivity contribution is 1.07. The molecule has 0 unspecified atom stereocenters. The molecule has 10 rings (SSSR count). The van der Waals surface area contributed by atoms with E-state index in [2.05, 4.69) is 72.8 Å². The lowest BCUT2D eigenvalue weighted by Crippen LogP contribution is -2.00. The van der Waals surface area contributed by atoms with Crippen molar-refractivity contribution in [2.45, 2.75) is 0 Å². The molecule has 0 saturated heterocycles. The zero-order valence-electron chi connectivity index (χ0n) is 24.7. The summed E-state index contributed by atoms with van der Waals surface area (Å²) >= 11 is 5.44. The molecule has 47 heavy (non-hydrogen) atoms. The minimum absolute atomic E-state index is 0.660. The Morgan fingerprint density at radius 1 is 0.362 bits per heavy atom. The van der Waals surface area contributed by atoms with Crippen molar-refractivity contribution in [3.8, 4) is 44.7 Å². The first-order valence-corrected chi connectivity index (χ1v) is 17.7. The van der Waals surface area contributed by atoms with Gasteiger partial charge in [0.15, 0.2) is 17.5 Å². The van der Waals surface area contributed by atoms with Crippen LogP contribution in [0.2, 0.25) is 0 Å². The standard InChI is InChI=1S/C40H22N4S3/c1-3-10-23(11-4-1)37-42-38(24-12-5-2-6-13-24)44-39(43-37)25-18-19-33-29(20-25)30-21-31-35(22-34(30)45-33)47-40(41-31)28-16-9-15-27-26-14-7-8-17-32(26)46-36(27)28/h1-22H. The molecular formula is C40H22N4S3. The molecule has 0 amide bonds. The van der Waals surface area contributed by atoms with E-state index in [0.717, 1.165) is 27.2 Å². The Kier molecular flexibility index (Phi) is 6.05. The van der Waals surface area contributed by atoms with Crippen LogP contribution < -0.4 is 0 Å². The van der Waals surface area contributed by atoms with Crippen molar-refractivity contribution in [1.82, 2.24) is 19.9 Å². The van der Waals surface area contributed by atoms with Crippen molar-refractivity contribution in [3.63, 3.8) is 0 Å². The van der Waals surface area contributed by atoms with E-state index in [1.54, 1.807) is 11.3 Å². The van der Waals surface area contributed by atoms with E-state index in [0.29, 0.717) is 17.5 Å². The van der Waals surface area contributed by atoms with Gasteiger partial charge in [-0.05, 0) is 36.4 Å². The molecule has 220 valence electrons. The molecule has 10 aromatic rings. The summed E-state index contributed by atoms with van der Waals surface area (Å²) < 4.78 is 6.30. The molecule has 4 nitrogen and oxygen atoms in total. The van der Waals surface area contributed by atoms with Gasteiger partial charge in [-0.15, -0.1) is 34.0 Å². The lowest BCUT2D eigenvalue weighted by atomic mass is 10.1. The van der Waals surface area contributed by atoms with E-state index < -0.39 is 0 Å². The van der Waals surface area contributed by atoms with Gasteiger partial charge < -0.3 is 0 Å². The van der Waals surface area contributed by atoms with Crippen molar-refractivity contribution in [3.05, 3.63) is 133 Å². The summed E-state index contributed by atoms with van der Waals surface area (Å²) in [6.45, 7) is 0. The Balaban J connectivity index is 1.12. The molecule has 7 heteroatoms. The predicted octanol–water partition coefficient (Wildman–Crippen LogP) is 11.9. The molecule has 0 aliphatic heterocycles. The molecule has 0 fully saturated rings. The van der Waals surface area contributed by atoms with Crippen molar-refractivity contribution in [2.75, 3.05) is 0 Å². The SMILES string of the molecule is c1ccc(-c2nc(-c3ccccc3)nc(-c3ccc4sc5cc6sc(-c7cccc8c7sc7ccccc78)nc6cc5c4c3)n2)cc1. The second-order valence-corrected chi connectivity index (χ2v) is 14.6. The van der Waals surface area contributed by atoms with Gasteiger partial charge in [0.2, 0.25) is 0 Å². The highest BCUT2D eigenvalue weighted by Gasteiger charge is 2.17. The molecule has 0 aliphatic rings. The van der Waals surface area contributed by atoms with Crippen LogP contribution >= 0.6 is 34.0 Å². The summed E-state index contributed by atoms with van der Waals surface area (Å²) in [6, 6.07) is 46.6. The molecule has 0 spiro atoms. The zero-order valence-corrected chi connectivity index (χ0v) is 27.2. The summed E-state index contributed by atoms with van der Waals surface area (Å²) in [4.78, 5) is 20.0. The second kappa shape index (κ2) is 10.6. The van der Waals surface area contributed by atoms with Gasteiger partial charge in [-0.3, -0.25) is 0 Å². The maximum Gasteiger partial charge on any atom is 0.164 e. The maximum atomic E-state index is 5.21. The van der Waals surface area contributed by atoms with E-state index in [-0.39, 0.29) is 0 Å². The van der Waals surface area contributed by atoms with Crippen LogP contribution in [0.5, 0.6) is 0 Å². The number of thiophene rings is 2. The Hall–Kier alpha value is -5.34. The van der Waals surface area contributed by atoms with Gasteiger partial charge in [0.05, 0.1) is 10.2 Å². The first-order chi connectivity index (χ1) is 23.2. The Bertz CT molecular complexity index is 2740. The summed E-state index contributed by atoms with van der Waals surface area (Å²) in [7, 11) is 0. The van der Waals surface area contributed by atoms with Crippen molar-refractivity contribution in [2.24, 2.45) is 0 Å². The van der Waals surface area contributed by atoms with Gasteiger partial charge in [0, 0.05) is 62.6 Å². The average molecular weight is 655 g/mol. The highest BCUT2D eigenvalue weighted by Crippen LogP contribution is 2.44. The molecule has 0 saturated carbocycles. The topological polar surface area (TPSA) is 51.6 Å². The third-order valence-corrected chi connectivity index (χ3v) is 12.0. The van der Waals surface area contributed by atoms with Crippen LogP contribution in [-0.4, -0.2) is 19.9 Å². The van der Waals surface area contributed by atoms with Crippen LogP contribution in [-0.2, 0) is 0 Å². The monoisotopic (exact) mass is 654 g/mol. The van der Waals surface area contributed by atoms with Crippen LogP contribution in [0, 0.1) is 0 Å². The fraction of sp³-hybridized carbons (Fsp3) is 0. The number of benzene rings is 6. The summed E-state index contributed by atoms with van der Waals surface area (Å²) in [5, 5.41) is 6.06. The third kappa shape index (κ3) is 4.47. The van der Waals surface area contributed by atoms with Crippen LogP contribution in [0.15, 0.2) is 133 Å². The normalized spacial score (nSPS) is 11.8. The minimum Gasteiger partial charge on any atom is -0.236 e. The van der Waals surface area contributed by atoms with E-state index >= 15 is 0 Å². The maximum absolute atomic E-state index is 5.21. The molecule has 0 radical (unpaired) electrons. The lowest BCUT2D eigenvalue weighted by Gasteiger charge is -2.08. The Labute approximate surface area is 281 Å². The number of rotatable bonds is 4. The smallest absolute Gasteiger partial charge is 0.164 e. The number of fused-ring (bicyclic) bond motifs is 7. The molecule has 4 heterocycles. The van der Waals surface area contributed by atoms with Crippen molar-refractivity contribution < 1.29 is 0 Å². The molecule has 0 atom stereocenters. The van der Waals surface area contributed by atoms with Crippen LogP contribution in [0.25, 0.3) is 95.3 Å². The summed E-state index contributed by atoms with van der Waals surface area (Å²) in [5.74, 6) is 1.98. The average Bonchev–Trinajstić information content (AvgIpc) is 3.83. The van der Waals surface area contributed by atoms with E-state index in [9.17, 15) is 0 Å². The molecule has 0 N–H and O–H groups in total. The quantitative estimate of drug-likeness (QED) is 0.189. The van der Waals surface area contributed by atoms with E-state index in [1.807, 2.05) is 83.3 Å². The highest BCUT2D eigenvalue weighted by atomic mass is 32.1. The number of aromatic nitrogens is 4. The zero-order chi connectivity index (χ0) is 30.9. The number of nitrogens with zero attached hydrogens (tertiary/aromatic N) is 4. The first kappa shape index (κ1) is 26.8. The Morgan fingerprint density at radius 2 is 1.00 bits per heavy atom. The molecule has 0 aliphatic carbocycles. The fourth-order valence-electron chi connectivity index (χ4n) is 6.31. The number of hydrogen-bond donors (Lipinski definition) is 0. The van der Waals surface area contributed by atoms with E-state index in [1.165, 1.54) is 50.6 Å². The van der Waals surface area contributed by atoms with Gasteiger partial charge in [-0.1, -0.05) is 97.1 Å². The van der Waals surface area contributed by atoms with Gasteiger partial charge in [0.25, 0.3) is 0 Å². The summed E-state index contributed by atoms with van der Waals surface area (Å²) in [6.07, 6.45) is 0. The largest absolute Gasteiger partial charge is 0.236 e. The summed E-state index contributed by atoms with van der Waals surface area (Å²) in [5.41, 5.74) is 5.12. The Morgan fingerprint density at radius 3 is 1.77 bits per heavy atom. The number of thiazole rings is 1. The first-order valence-electron chi connectivity index (χ1n) is 15.3. The van der Waals surface area contributed by atoms with Gasteiger partial charge in [-0.25, -0.2) is 19.9 Å². The van der Waals surface area contributed by atoms with Crippen LogP contribution in [0.4, 0.5) is 0 Å². The predicted molar refractivity (Wildman–Crippen MR) is 201 cm³/mol. The molecule has 6 aromatic carbocycles.